The maximum Gasteiger partial charge on any atom is 0.328 e. The lowest BCUT2D eigenvalue weighted by Crippen LogP contribution is -2.47. The molecule has 252 valence electrons. The second kappa shape index (κ2) is 30.1. The van der Waals surface area contributed by atoms with Gasteiger partial charge in [-0.15, -0.1) is 0 Å². The predicted octanol–water partition coefficient (Wildman–Crippen LogP) is 6.70. The molecule has 44 heavy (non-hydrogen) atoms. The van der Waals surface area contributed by atoms with E-state index in [9.17, 15) is 19.2 Å². The van der Waals surface area contributed by atoms with Gasteiger partial charge in [0.1, 0.15) is 12.1 Å². The van der Waals surface area contributed by atoms with Gasteiger partial charge in [0.2, 0.25) is 11.8 Å². The van der Waals surface area contributed by atoms with E-state index in [-0.39, 0.29) is 30.9 Å². The first-order valence-corrected chi connectivity index (χ1v) is 16.9. The second-order valence-electron chi connectivity index (χ2n) is 11.2. The highest BCUT2D eigenvalue weighted by Crippen LogP contribution is 2.14. The van der Waals surface area contributed by atoms with Crippen molar-refractivity contribution in [1.29, 1.82) is 0 Å². The number of allylic oxidation sites excluding steroid dienone is 5. The maximum atomic E-state index is 12.5. The minimum Gasteiger partial charge on any atom is -0.480 e. The SMILES string of the molecule is CCC/C=C\C/C=C\CCCCCCCC(=O)OC(/C=C\CCCC)CCCCCCC(=O)NCC(=O)NC(CO)C(=O)O. The number of carbonyl (C=O) groups excluding carboxylic acids is 3. The number of rotatable bonds is 29. The van der Waals surface area contributed by atoms with Crippen LogP contribution in [-0.2, 0) is 23.9 Å². The fraction of sp³-hybridized carbons (Fsp3) is 0.714. The van der Waals surface area contributed by atoms with Crippen LogP contribution in [0.1, 0.15) is 136 Å². The number of hydrogen-bond acceptors (Lipinski definition) is 6. The molecule has 0 radical (unpaired) electrons. The van der Waals surface area contributed by atoms with Crippen LogP contribution in [0.2, 0.25) is 0 Å². The molecule has 2 atom stereocenters. The number of nitrogens with one attached hydrogen (secondary N) is 2. The number of aliphatic carboxylic acids is 1. The largest absolute Gasteiger partial charge is 0.480 e. The summed E-state index contributed by atoms with van der Waals surface area (Å²) in [6.45, 7) is 3.28. The second-order valence-corrected chi connectivity index (χ2v) is 11.2. The molecule has 0 fully saturated rings. The van der Waals surface area contributed by atoms with E-state index in [1.807, 2.05) is 6.08 Å². The van der Waals surface area contributed by atoms with Crippen LogP contribution >= 0.6 is 0 Å². The lowest BCUT2D eigenvalue weighted by Gasteiger charge is -2.15. The molecule has 0 aromatic carbocycles. The number of ether oxygens (including phenoxy) is 1. The molecule has 0 spiro atoms. The number of carboxylic acids is 1. The highest BCUT2D eigenvalue weighted by Gasteiger charge is 2.18. The Kier molecular flexibility index (Phi) is 28.1. The number of carbonyl (C=O) groups is 4. The van der Waals surface area contributed by atoms with Gasteiger partial charge in [-0.25, -0.2) is 4.79 Å². The van der Waals surface area contributed by atoms with E-state index >= 15 is 0 Å². The monoisotopic (exact) mass is 620 g/mol. The van der Waals surface area contributed by atoms with Crippen molar-refractivity contribution in [2.45, 2.75) is 148 Å². The van der Waals surface area contributed by atoms with Crippen molar-refractivity contribution >= 4 is 23.8 Å². The van der Waals surface area contributed by atoms with Gasteiger partial charge < -0.3 is 25.6 Å². The molecule has 2 amide bonds. The van der Waals surface area contributed by atoms with Gasteiger partial charge in [0.25, 0.3) is 0 Å². The highest BCUT2D eigenvalue weighted by atomic mass is 16.5. The summed E-state index contributed by atoms with van der Waals surface area (Å²) in [6.07, 6.45) is 30.7. The number of aliphatic hydroxyl groups is 1. The summed E-state index contributed by atoms with van der Waals surface area (Å²) >= 11 is 0. The van der Waals surface area contributed by atoms with Crippen LogP contribution in [0, 0.1) is 0 Å². The minimum atomic E-state index is -1.39. The average Bonchev–Trinajstić information content (AvgIpc) is 3.00. The summed E-state index contributed by atoms with van der Waals surface area (Å²) in [6, 6.07) is -1.39. The number of aliphatic hydroxyl groups excluding tert-OH is 1. The van der Waals surface area contributed by atoms with Crippen molar-refractivity contribution in [3.05, 3.63) is 36.5 Å². The summed E-state index contributed by atoms with van der Waals surface area (Å²) in [5, 5.41) is 22.4. The third-order valence-electron chi connectivity index (χ3n) is 7.07. The highest BCUT2D eigenvalue weighted by molar-refractivity contribution is 5.87. The van der Waals surface area contributed by atoms with E-state index in [2.05, 4.69) is 54.9 Å². The maximum absolute atomic E-state index is 12.5. The average molecular weight is 621 g/mol. The van der Waals surface area contributed by atoms with Crippen LogP contribution < -0.4 is 10.6 Å². The quantitative estimate of drug-likeness (QED) is 0.0414. The topological polar surface area (TPSA) is 142 Å². The zero-order valence-corrected chi connectivity index (χ0v) is 27.4. The van der Waals surface area contributed by atoms with Crippen molar-refractivity contribution in [2.75, 3.05) is 13.2 Å². The third kappa shape index (κ3) is 26.7. The predicted molar refractivity (Wildman–Crippen MR) is 176 cm³/mol. The van der Waals surface area contributed by atoms with Gasteiger partial charge in [0.05, 0.1) is 13.2 Å². The van der Waals surface area contributed by atoms with Gasteiger partial charge in [-0.3, -0.25) is 14.4 Å². The van der Waals surface area contributed by atoms with Crippen molar-refractivity contribution in [1.82, 2.24) is 10.6 Å². The van der Waals surface area contributed by atoms with Crippen LogP contribution in [0.4, 0.5) is 0 Å². The molecule has 0 aliphatic heterocycles. The fourth-order valence-electron chi connectivity index (χ4n) is 4.41. The van der Waals surface area contributed by atoms with Gasteiger partial charge in [0.15, 0.2) is 0 Å². The van der Waals surface area contributed by atoms with Crippen LogP contribution in [0.25, 0.3) is 0 Å². The Morgan fingerprint density at radius 2 is 1.34 bits per heavy atom. The first kappa shape index (κ1) is 41.1. The number of esters is 1. The summed E-state index contributed by atoms with van der Waals surface area (Å²) in [5.74, 6) is -2.43. The summed E-state index contributed by atoms with van der Waals surface area (Å²) in [5.41, 5.74) is 0. The first-order valence-electron chi connectivity index (χ1n) is 16.9. The Labute approximate surface area is 266 Å². The Bertz CT molecular complexity index is 854. The van der Waals surface area contributed by atoms with Gasteiger partial charge in [-0.1, -0.05) is 95.6 Å². The first-order chi connectivity index (χ1) is 21.3. The van der Waals surface area contributed by atoms with Crippen LogP contribution in [-0.4, -0.2) is 59.3 Å². The Balaban J connectivity index is 4.14. The van der Waals surface area contributed by atoms with E-state index < -0.39 is 24.5 Å². The normalized spacial score (nSPS) is 13.0. The Morgan fingerprint density at radius 1 is 0.705 bits per heavy atom. The van der Waals surface area contributed by atoms with Gasteiger partial charge in [0, 0.05) is 12.8 Å². The van der Waals surface area contributed by atoms with Crippen LogP contribution in [0.3, 0.4) is 0 Å². The van der Waals surface area contributed by atoms with Crippen molar-refractivity contribution in [2.24, 2.45) is 0 Å². The van der Waals surface area contributed by atoms with Gasteiger partial charge >= 0.3 is 11.9 Å². The number of hydrogen-bond donors (Lipinski definition) is 4. The number of amides is 2. The lowest BCUT2D eigenvalue weighted by molar-refractivity contribution is -0.147. The van der Waals surface area contributed by atoms with E-state index in [1.165, 1.54) is 19.3 Å². The molecule has 0 bridgehead atoms. The standard InChI is InChI=1S/C35H60N2O7/c1-3-5-7-9-10-11-12-13-14-15-16-17-23-27-34(41)44-30(24-20-8-6-4-2)25-21-18-19-22-26-32(39)36-28-33(40)37-31(29-38)35(42)43/h7,9,11-12,20,24,30-31,38H,3-6,8,10,13-19,21-23,25-29H2,1-2H3,(H,36,39)(H,37,40)(H,42,43)/b9-7-,12-11-,24-20-. The summed E-state index contributed by atoms with van der Waals surface area (Å²) < 4.78 is 5.79. The minimum absolute atomic E-state index is 0.136. The number of carboxylic acid groups (broad SMARTS) is 1. The van der Waals surface area contributed by atoms with Crippen LogP contribution in [0.15, 0.2) is 36.5 Å². The molecule has 0 rings (SSSR count). The molecule has 0 aliphatic carbocycles. The molecule has 0 saturated heterocycles. The molecule has 9 nitrogen and oxygen atoms in total. The summed E-state index contributed by atoms with van der Waals surface area (Å²) in [4.78, 5) is 47.0. The van der Waals surface area contributed by atoms with Gasteiger partial charge in [-0.05, 0) is 63.9 Å². The third-order valence-corrected chi connectivity index (χ3v) is 7.07. The van der Waals surface area contributed by atoms with Crippen molar-refractivity contribution in [3.63, 3.8) is 0 Å². The zero-order chi connectivity index (χ0) is 32.7. The van der Waals surface area contributed by atoms with Crippen molar-refractivity contribution in [3.8, 4) is 0 Å². The Hall–Kier alpha value is -2.94. The molecule has 0 aliphatic rings. The molecule has 0 aromatic rings. The molecule has 4 N–H and O–H groups in total. The molecular weight excluding hydrogens is 560 g/mol. The molecular formula is C35H60N2O7. The molecule has 0 aromatic heterocycles. The Morgan fingerprint density at radius 3 is 2.02 bits per heavy atom. The molecule has 0 saturated carbocycles. The van der Waals surface area contributed by atoms with E-state index in [0.717, 1.165) is 83.5 Å². The molecule has 2 unspecified atom stereocenters. The smallest absolute Gasteiger partial charge is 0.328 e. The van der Waals surface area contributed by atoms with Crippen LogP contribution in [0.5, 0.6) is 0 Å². The van der Waals surface area contributed by atoms with E-state index in [4.69, 9.17) is 14.9 Å². The molecule has 9 heteroatoms. The fourth-order valence-corrected chi connectivity index (χ4v) is 4.41. The van der Waals surface area contributed by atoms with Gasteiger partial charge in [-0.2, -0.15) is 0 Å². The van der Waals surface area contributed by atoms with Crippen molar-refractivity contribution < 1.29 is 34.1 Å². The number of unbranched alkanes of at least 4 members (excludes halogenated alkanes) is 11. The lowest BCUT2D eigenvalue weighted by atomic mass is 10.1. The zero-order valence-electron chi connectivity index (χ0n) is 27.4. The van der Waals surface area contributed by atoms with E-state index in [1.54, 1.807) is 0 Å². The van der Waals surface area contributed by atoms with E-state index in [0.29, 0.717) is 12.8 Å². The summed E-state index contributed by atoms with van der Waals surface area (Å²) in [7, 11) is 0. The molecule has 0 heterocycles.